The van der Waals surface area contributed by atoms with Crippen molar-refractivity contribution in [3.05, 3.63) is 58.8 Å². The molecule has 1 atom stereocenters. The van der Waals surface area contributed by atoms with Gasteiger partial charge in [-0.1, -0.05) is 12.1 Å². The molecule has 1 aliphatic rings. The lowest BCUT2D eigenvalue weighted by molar-refractivity contribution is -0.116. The van der Waals surface area contributed by atoms with Gasteiger partial charge in [-0.3, -0.25) is 4.79 Å². The highest BCUT2D eigenvalue weighted by molar-refractivity contribution is 5.95. The molecular weight excluding hydrogens is 382 g/mol. The minimum Gasteiger partial charge on any atom is -0.493 e. The predicted octanol–water partition coefficient (Wildman–Crippen LogP) is 3.99. The van der Waals surface area contributed by atoms with Crippen LogP contribution in [0.5, 0.6) is 17.2 Å². The van der Waals surface area contributed by atoms with Gasteiger partial charge in [-0.05, 0) is 43.2 Å². The first-order chi connectivity index (χ1) is 14.5. The van der Waals surface area contributed by atoms with Gasteiger partial charge < -0.3 is 19.5 Å². The van der Waals surface area contributed by atoms with Crippen molar-refractivity contribution in [2.24, 2.45) is 0 Å². The van der Waals surface area contributed by atoms with Crippen LogP contribution in [-0.2, 0) is 4.79 Å². The fourth-order valence-corrected chi connectivity index (χ4v) is 3.95. The Kier molecular flexibility index (Phi) is 5.11. The number of aromatic nitrogens is 2. The molecule has 0 bridgehead atoms. The molecule has 1 unspecified atom stereocenters. The van der Waals surface area contributed by atoms with E-state index >= 15 is 0 Å². The molecule has 1 amide bonds. The summed E-state index contributed by atoms with van der Waals surface area (Å²) in [6.45, 7) is 4.13. The van der Waals surface area contributed by atoms with E-state index in [9.17, 15) is 4.79 Å². The molecule has 0 radical (unpaired) electrons. The smallest absolute Gasteiger partial charge is 0.226 e. The van der Waals surface area contributed by atoms with Gasteiger partial charge in [-0.25, -0.2) is 4.68 Å². The highest BCUT2D eigenvalue weighted by Gasteiger charge is 2.33. The Morgan fingerprint density at radius 2 is 1.73 bits per heavy atom. The van der Waals surface area contributed by atoms with Gasteiger partial charge >= 0.3 is 0 Å². The summed E-state index contributed by atoms with van der Waals surface area (Å²) in [5.74, 6) is 2.02. The molecule has 1 aliphatic heterocycles. The SMILES string of the molecule is COc1ccc(C2CC(=O)Nc3c2cnn3-c2ccc(C)c(C)c2)c(OC)c1OC. The van der Waals surface area contributed by atoms with Gasteiger partial charge in [0.25, 0.3) is 0 Å². The summed E-state index contributed by atoms with van der Waals surface area (Å²) >= 11 is 0. The van der Waals surface area contributed by atoms with Gasteiger partial charge in [0.15, 0.2) is 11.5 Å². The quantitative estimate of drug-likeness (QED) is 0.692. The van der Waals surface area contributed by atoms with Crippen molar-refractivity contribution in [1.82, 2.24) is 9.78 Å². The highest BCUT2D eigenvalue weighted by atomic mass is 16.5. The summed E-state index contributed by atoms with van der Waals surface area (Å²) in [6, 6.07) is 9.87. The monoisotopic (exact) mass is 407 g/mol. The summed E-state index contributed by atoms with van der Waals surface area (Å²) < 4.78 is 18.4. The van der Waals surface area contributed by atoms with E-state index in [4.69, 9.17) is 14.2 Å². The maximum atomic E-state index is 12.6. The highest BCUT2D eigenvalue weighted by Crippen LogP contribution is 2.47. The van der Waals surface area contributed by atoms with Crippen molar-refractivity contribution >= 4 is 11.7 Å². The normalized spacial score (nSPS) is 15.4. The molecule has 4 rings (SSSR count). The van der Waals surface area contributed by atoms with Crippen LogP contribution in [0.25, 0.3) is 5.69 Å². The Labute approximate surface area is 175 Å². The topological polar surface area (TPSA) is 74.6 Å². The molecule has 3 aromatic rings. The maximum absolute atomic E-state index is 12.6. The molecule has 30 heavy (non-hydrogen) atoms. The Bertz CT molecular complexity index is 1120. The molecule has 156 valence electrons. The molecule has 0 fully saturated rings. The Morgan fingerprint density at radius 1 is 0.967 bits per heavy atom. The number of nitrogens with one attached hydrogen (secondary N) is 1. The predicted molar refractivity (Wildman–Crippen MR) is 114 cm³/mol. The number of nitrogens with zero attached hydrogens (tertiary/aromatic N) is 2. The molecule has 1 aromatic heterocycles. The standard InChI is InChI=1S/C23H25N3O4/c1-13-6-7-15(10-14(13)2)26-23-18(12-24-26)17(11-20(27)25-23)16-8-9-19(28-3)22(30-5)21(16)29-4/h6-10,12,17H,11H2,1-5H3,(H,25,27). The van der Waals surface area contributed by atoms with Gasteiger partial charge in [-0.2, -0.15) is 5.10 Å². The number of hydrogen-bond acceptors (Lipinski definition) is 5. The molecule has 0 saturated heterocycles. The molecule has 0 spiro atoms. The van der Waals surface area contributed by atoms with Gasteiger partial charge in [0.1, 0.15) is 5.82 Å². The summed E-state index contributed by atoms with van der Waals surface area (Å²) in [5, 5.41) is 7.58. The zero-order chi connectivity index (χ0) is 21.4. The fraction of sp³-hybridized carbons (Fsp3) is 0.304. The lowest BCUT2D eigenvalue weighted by Gasteiger charge is -2.26. The van der Waals surface area contributed by atoms with Crippen molar-refractivity contribution in [1.29, 1.82) is 0 Å². The zero-order valence-corrected chi connectivity index (χ0v) is 17.8. The first-order valence-electron chi connectivity index (χ1n) is 9.72. The second kappa shape index (κ2) is 7.74. The van der Waals surface area contributed by atoms with Crippen LogP contribution < -0.4 is 19.5 Å². The van der Waals surface area contributed by atoms with E-state index in [2.05, 4.69) is 36.4 Å². The summed E-state index contributed by atoms with van der Waals surface area (Å²) in [5.41, 5.74) is 5.05. The lowest BCUT2D eigenvalue weighted by Crippen LogP contribution is -2.25. The van der Waals surface area contributed by atoms with E-state index in [0.29, 0.717) is 23.1 Å². The molecular formula is C23H25N3O4. The average Bonchev–Trinajstić information content (AvgIpc) is 3.17. The van der Waals surface area contributed by atoms with Gasteiger partial charge in [-0.15, -0.1) is 0 Å². The van der Waals surface area contributed by atoms with Crippen LogP contribution in [0.2, 0.25) is 0 Å². The van der Waals surface area contributed by atoms with E-state index in [1.807, 2.05) is 24.4 Å². The number of anilines is 1. The molecule has 0 saturated carbocycles. The van der Waals surface area contributed by atoms with Gasteiger partial charge in [0, 0.05) is 23.5 Å². The average molecular weight is 407 g/mol. The van der Waals surface area contributed by atoms with Gasteiger partial charge in [0.2, 0.25) is 11.7 Å². The van der Waals surface area contributed by atoms with Crippen molar-refractivity contribution in [2.45, 2.75) is 26.2 Å². The zero-order valence-electron chi connectivity index (χ0n) is 17.8. The number of fused-ring (bicyclic) bond motifs is 1. The minimum atomic E-state index is -0.219. The number of carbonyl (C=O) groups is 1. The second-order valence-electron chi connectivity index (χ2n) is 7.36. The van der Waals surface area contributed by atoms with Crippen LogP contribution in [-0.4, -0.2) is 37.0 Å². The fourth-order valence-electron chi connectivity index (χ4n) is 3.95. The molecule has 2 aromatic carbocycles. The molecule has 7 heteroatoms. The Hall–Kier alpha value is -3.48. The molecule has 0 aliphatic carbocycles. The Balaban J connectivity index is 1.86. The van der Waals surface area contributed by atoms with E-state index in [1.165, 1.54) is 5.56 Å². The number of rotatable bonds is 5. The summed E-state index contributed by atoms with van der Waals surface area (Å²) in [6.07, 6.45) is 2.10. The van der Waals surface area contributed by atoms with E-state index < -0.39 is 0 Å². The van der Waals surface area contributed by atoms with Crippen LogP contribution in [0.15, 0.2) is 36.5 Å². The van der Waals surface area contributed by atoms with Crippen LogP contribution in [0.4, 0.5) is 5.82 Å². The number of amides is 1. The van der Waals surface area contributed by atoms with Crippen molar-refractivity contribution in [2.75, 3.05) is 26.6 Å². The number of aryl methyl sites for hydroxylation is 2. The minimum absolute atomic E-state index is 0.0741. The van der Waals surface area contributed by atoms with Crippen LogP contribution in [0, 0.1) is 13.8 Å². The summed E-state index contributed by atoms with van der Waals surface area (Å²) in [7, 11) is 4.74. The molecule has 2 heterocycles. The van der Waals surface area contributed by atoms with Crippen LogP contribution in [0.1, 0.15) is 34.6 Å². The lowest BCUT2D eigenvalue weighted by atomic mass is 9.86. The third kappa shape index (κ3) is 3.16. The molecule has 7 nitrogen and oxygen atoms in total. The largest absolute Gasteiger partial charge is 0.493 e. The van der Waals surface area contributed by atoms with Crippen LogP contribution >= 0.6 is 0 Å². The van der Waals surface area contributed by atoms with Crippen molar-refractivity contribution < 1.29 is 19.0 Å². The number of carbonyl (C=O) groups excluding carboxylic acids is 1. The van der Waals surface area contributed by atoms with Crippen molar-refractivity contribution in [3.8, 4) is 22.9 Å². The van der Waals surface area contributed by atoms with E-state index in [1.54, 1.807) is 26.0 Å². The number of benzene rings is 2. The number of ether oxygens (including phenoxy) is 3. The van der Waals surface area contributed by atoms with E-state index in [-0.39, 0.29) is 18.2 Å². The first kappa shape index (κ1) is 19.8. The third-order valence-corrected chi connectivity index (χ3v) is 5.67. The van der Waals surface area contributed by atoms with E-state index in [0.717, 1.165) is 22.4 Å². The number of methoxy groups -OCH3 is 3. The Morgan fingerprint density at radius 3 is 2.40 bits per heavy atom. The number of hydrogen-bond donors (Lipinski definition) is 1. The molecule has 1 N–H and O–H groups in total. The summed E-state index contributed by atoms with van der Waals surface area (Å²) in [4.78, 5) is 12.6. The van der Waals surface area contributed by atoms with Crippen molar-refractivity contribution in [3.63, 3.8) is 0 Å². The first-order valence-corrected chi connectivity index (χ1v) is 9.72. The maximum Gasteiger partial charge on any atom is 0.226 e. The van der Waals surface area contributed by atoms with Crippen LogP contribution in [0.3, 0.4) is 0 Å². The second-order valence-corrected chi connectivity index (χ2v) is 7.36. The van der Waals surface area contributed by atoms with Gasteiger partial charge in [0.05, 0.1) is 33.2 Å². The third-order valence-electron chi connectivity index (χ3n) is 5.67.